The number of Topliss-reactive ketones (excluding diaryl/α,β-unsaturated/α-hetero) is 1. The predicted molar refractivity (Wildman–Crippen MR) is 78.5 cm³/mol. The topological polar surface area (TPSA) is 37.4 Å². The first-order valence-corrected chi connectivity index (χ1v) is 6.85. The third-order valence-corrected chi connectivity index (χ3v) is 3.70. The summed E-state index contributed by atoms with van der Waals surface area (Å²) >= 11 is 5.90. The van der Waals surface area contributed by atoms with E-state index in [1.54, 1.807) is 24.3 Å². The zero-order chi connectivity index (χ0) is 15.0. The molecule has 21 heavy (non-hydrogen) atoms. The lowest BCUT2D eigenvalue weighted by atomic mass is 9.99. The van der Waals surface area contributed by atoms with E-state index in [1.807, 2.05) is 0 Å². The molecule has 2 aromatic rings. The van der Waals surface area contributed by atoms with Gasteiger partial charge in [0.15, 0.2) is 5.78 Å². The predicted octanol–water partition coefficient (Wildman–Crippen LogP) is 3.71. The molecule has 0 unspecified atom stereocenters. The van der Waals surface area contributed by atoms with E-state index in [4.69, 9.17) is 11.6 Å². The molecule has 0 aliphatic carbocycles. The lowest BCUT2D eigenvalue weighted by Gasteiger charge is -2.29. The highest BCUT2D eigenvalue weighted by atomic mass is 35.5. The van der Waals surface area contributed by atoms with Crippen LogP contribution in [0, 0.1) is 5.82 Å². The Morgan fingerprint density at radius 2 is 1.95 bits per heavy atom. The van der Waals surface area contributed by atoms with Crippen molar-refractivity contribution in [1.29, 1.82) is 0 Å². The number of nitrogens with zero attached hydrogens (tertiary/aromatic N) is 1. The Balaban J connectivity index is 2.06. The zero-order valence-electron chi connectivity index (χ0n) is 11.0. The van der Waals surface area contributed by atoms with Gasteiger partial charge >= 0.3 is 0 Å². The van der Waals surface area contributed by atoms with Crippen LogP contribution in [0.4, 0.5) is 10.1 Å². The molecule has 106 valence electrons. The summed E-state index contributed by atoms with van der Waals surface area (Å²) in [6, 6.07) is 10.6. The number of hydrogen-bond donors (Lipinski definition) is 0. The highest BCUT2D eigenvalue weighted by Crippen LogP contribution is 2.31. The first kappa shape index (κ1) is 13.8. The molecule has 1 amide bonds. The molecular formula is C16H11ClFNO2. The van der Waals surface area contributed by atoms with Gasteiger partial charge in [0.1, 0.15) is 5.82 Å². The van der Waals surface area contributed by atoms with Crippen LogP contribution in [0.3, 0.4) is 0 Å². The van der Waals surface area contributed by atoms with Gasteiger partial charge in [0.05, 0.1) is 11.3 Å². The fraction of sp³-hybridized carbons (Fsp3) is 0.125. The minimum Gasteiger partial charge on any atom is -0.307 e. The second kappa shape index (κ2) is 5.30. The van der Waals surface area contributed by atoms with Crippen LogP contribution in [0.2, 0.25) is 5.02 Å². The van der Waals surface area contributed by atoms with E-state index in [0.29, 0.717) is 16.3 Å². The van der Waals surface area contributed by atoms with E-state index in [9.17, 15) is 14.0 Å². The Bertz CT molecular complexity index is 745. The molecule has 2 aromatic carbocycles. The summed E-state index contributed by atoms with van der Waals surface area (Å²) in [6.07, 6.45) is 0.202. The van der Waals surface area contributed by atoms with E-state index < -0.39 is 11.7 Å². The quantitative estimate of drug-likeness (QED) is 0.805. The third-order valence-electron chi connectivity index (χ3n) is 3.46. The van der Waals surface area contributed by atoms with Crippen LogP contribution in [-0.4, -0.2) is 18.2 Å². The maximum absolute atomic E-state index is 13.8. The Morgan fingerprint density at radius 3 is 2.71 bits per heavy atom. The maximum atomic E-state index is 13.8. The standard InChI is InChI=1S/C16H11ClFNO2/c17-10-5-6-14-12(9-10)15(20)7-8-19(14)16(21)11-3-1-2-4-13(11)18/h1-6,9H,7-8H2. The van der Waals surface area contributed by atoms with Gasteiger partial charge in [-0.25, -0.2) is 4.39 Å². The van der Waals surface area contributed by atoms with Gasteiger partial charge in [0, 0.05) is 23.6 Å². The lowest BCUT2D eigenvalue weighted by molar-refractivity contribution is 0.0953. The van der Waals surface area contributed by atoms with Crippen molar-refractivity contribution in [2.24, 2.45) is 0 Å². The molecule has 0 bridgehead atoms. The first-order chi connectivity index (χ1) is 10.1. The summed E-state index contributed by atoms with van der Waals surface area (Å²) in [5, 5.41) is 0.433. The van der Waals surface area contributed by atoms with Crippen molar-refractivity contribution in [3.63, 3.8) is 0 Å². The molecule has 1 aliphatic heterocycles. The van der Waals surface area contributed by atoms with Gasteiger partial charge in [-0.05, 0) is 30.3 Å². The third kappa shape index (κ3) is 2.43. The summed E-state index contributed by atoms with van der Waals surface area (Å²) in [4.78, 5) is 25.9. The normalized spacial score (nSPS) is 14.0. The van der Waals surface area contributed by atoms with Crippen molar-refractivity contribution < 1.29 is 14.0 Å². The van der Waals surface area contributed by atoms with Gasteiger partial charge in [0.2, 0.25) is 0 Å². The van der Waals surface area contributed by atoms with Gasteiger partial charge in [-0.3, -0.25) is 9.59 Å². The number of anilines is 1. The molecular weight excluding hydrogens is 293 g/mol. The molecule has 3 rings (SSSR count). The number of carbonyl (C=O) groups excluding carboxylic acids is 2. The molecule has 1 heterocycles. The average Bonchev–Trinajstić information content (AvgIpc) is 2.48. The molecule has 1 aliphatic rings. The fourth-order valence-electron chi connectivity index (χ4n) is 2.43. The van der Waals surface area contributed by atoms with E-state index in [0.717, 1.165) is 0 Å². The molecule has 0 saturated carbocycles. The summed E-state index contributed by atoms with van der Waals surface area (Å²) in [5.74, 6) is -1.09. The Hall–Kier alpha value is -2.20. The first-order valence-electron chi connectivity index (χ1n) is 6.47. The largest absolute Gasteiger partial charge is 0.307 e. The second-order valence-electron chi connectivity index (χ2n) is 4.77. The van der Waals surface area contributed by atoms with E-state index in [1.165, 1.54) is 23.1 Å². The smallest absolute Gasteiger partial charge is 0.261 e. The van der Waals surface area contributed by atoms with Gasteiger partial charge in [0.25, 0.3) is 5.91 Å². The number of hydrogen-bond acceptors (Lipinski definition) is 2. The van der Waals surface area contributed by atoms with Crippen molar-refractivity contribution in [2.75, 3.05) is 11.4 Å². The molecule has 3 nitrogen and oxygen atoms in total. The van der Waals surface area contributed by atoms with E-state index in [-0.39, 0.29) is 24.3 Å². The van der Waals surface area contributed by atoms with Crippen LogP contribution in [0.25, 0.3) is 0 Å². The van der Waals surface area contributed by atoms with Crippen LogP contribution >= 0.6 is 11.6 Å². The van der Waals surface area contributed by atoms with Crippen LogP contribution < -0.4 is 4.90 Å². The van der Waals surface area contributed by atoms with Gasteiger partial charge in [-0.2, -0.15) is 0 Å². The average molecular weight is 304 g/mol. The summed E-state index contributed by atoms with van der Waals surface area (Å²) < 4.78 is 13.8. The molecule has 0 aromatic heterocycles. The van der Waals surface area contributed by atoms with Crippen LogP contribution in [0.1, 0.15) is 27.1 Å². The van der Waals surface area contributed by atoms with Crippen molar-refractivity contribution in [1.82, 2.24) is 0 Å². The number of fused-ring (bicyclic) bond motifs is 1. The van der Waals surface area contributed by atoms with Crippen molar-refractivity contribution in [3.8, 4) is 0 Å². The number of benzene rings is 2. The fourth-order valence-corrected chi connectivity index (χ4v) is 2.60. The molecule has 0 radical (unpaired) electrons. The molecule has 0 saturated heterocycles. The second-order valence-corrected chi connectivity index (χ2v) is 5.21. The van der Waals surface area contributed by atoms with Crippen LogP contribution in [0.15, 0.2) is 42.5 Å². The van der Waals surface area contributed by atoms with Crippen LogP contribution in [0.5, 0.6) is 0 Å². The molecule has 0 N–H and O–H groups in total. The van der Waals surface area contributed by atoms with Gasteiger partial charge < -0.3 is 4.90 Å². The Kier molecular flexibility index (Phi) is 3.47. The number of carbonyl (C=O) groups is 2. The number of amides is 1. The summed E-state index contributed by atoms with van der Waals surface area (Å²) in [5.41, 5.74) is 0.870. The van der Waals surface area contributed by atoms with Crippen molar-refractivity contribution in [3.05, 3.63) is 64.4 Å². The number of rotatable bonds is 1. The lowest BCUT2D eigenvalue weighted by Crippen LogP contribution is -2.37. The van der Waals surface area contributed by atoms with E-state index >= 15 is 0 Å². The highest BCUT2D eigenvalue weighted by molar-refractivity contribution is 6.31. The molecule has 0 spiro atoms. The molecule has 5 heteroatoms. The maximum Gasteiger partial charge on any atom is 0.261 e. The summed E-state index contributed by atoms with van der Waals surface area (Å²) in [6.45, 7) is 0.237. The van der Waals surface area contributed by atoms with Crippen molar-refractivity contribution in [2.45, 2.75) is 6.42 Å². The monoisotopic (exact) mass is 303 g/mol. The molecule has 0 fully saturated rings. The minimum atomic E-state index is -0.574. The van der Waals surface area contributed by atoms with Crippen molar-refractivity contribution >= 4 is 29.0 Å². The number of ketones is 1. The zero-order valence-corrected chi connectivity index (χ0v) is 11.7. The van der Waals surface area contributed by atoms with Gasteiger partial charge in [-0.15, -0.1) is 0 Å². The van der Waals surface area contributed by atoms with Crippen LogP contribution in [-0.2, 0) is 0 Å². The minimum absolute atomic E-state index is 0.00671. The Morgan fingerprint density at radius 1 is 1.19 bits per heavy atom. The summed E-state index contributed by atoms with van der Waals surface area (Å²) in [7, 11) is 0. The SMILES string of the molecule is O=C1CCN(C(=O)c2ccccc2F)c2ccc(Cl)cc21. The molecule has 0 atom stereocenters. The Labute approximate surface area is 125 Å². The highest BCUT2D eigenvalue weighted by Gasteiger charge is 2.29. The van der Waals surface area contributed by atoms with E-state index in [2.05, 4.69) is 0 Å². The number of halogens is 2. The van der Waals surface area contributed by atoms with Gasteiger partial charge in [-0.1, -0.05) is 23.7 Å².